The fourth-order valence-corrected chi connectivity index (χ4v) is 1.29. The Morgan fingerprint density at radius 3 is 2.64 bits per heavy atom. The quantitative estimate of drug-likeness (QED) is 0.796. The van der Waals surface area contributed by atoms with Gasteiger partial charge in [-0.2, -0.15) is 0 Å². The summed E-state index contributed by atoms with van der Waals surface area (Å²) in [4.78, 5) is 0. The Balaban J connectivity index is 2.59. The molecule has 0 bridgehead atoms. The lowest BCUT2D eigenvalue weighted by Crippen LogP contribution is -2.32. The van der Waals surface area contributed by atoms with Crippen LogP contribution in [0.1, 0.15) is 25.8 Å². The Morgan fingerprint density at radius 2 is 2.07 bits per heavy atom. The van der Waals surface area contributed by atoms with Gasteiger partial charge in [-0.1, -0.05) is 12.1 Å². The van der Waals surface area contributed by atoms with E-state index in [9.17, 15) is 0 Å². The summed E-state index contributed by atoms with van der Waals surface area (Å²) in [5.41, 5.74) is 7.11. The summed E-state index contributed by atoms with van der Waals surface area (Å²) in [6.07, 6.45) is 1.99. The minimum Gasteiger partial charge on any atom is -0.497 e. The van der Waals surface area contributed by atoms with Crippen LogP contribution >= 0.6 is 0 Å². The summed E-state index contributed by atoms with van der Waals surface area (Å²) < 4.78 is 5.16. The highest BCUT2D eigenvalue weighted by molar-refractivity contribution is 5.28. The molecule has 0 unspecified atom stereocenters. The predicted molar refractivity (Wildman–Crippen MR) is 59.6 cm³/mol. The van der Waals surface area contributed by atoms with Gasteiger partial charge in [0.05, 0.1) is 7.11 Å². The largest absolute Gasteiger partial charge is 0.497 e. The fraction of sp³-hybridized carbons (Fsp3) is 0.500. The van der Waals surface area contributed by atoms with Gasteiger partial charge in [0.1, 0.15) is 5.75 Å². The molecule has 0 aromatic heterocycles. The van der Waals surface area contributed by atoms with Crippen molar-refractivity contribution in [2.45, 2.75) is 32.2 Å². The summed E-state index contributed by atoms with van der Waals surface area (Å²) in [5, 5.41) is 0. The third kappa shape index (κ3) is 3.79. The molecule has 1 aromatic carbocycles. The van der Waals surface area contributed by atoms with Crippen LogP contribution in [0.5, 0.6) is 5.75 Å². The summed E-state index contributed by atoms with van der Waals surface area (Å²) in [6.45, 7) is 4.10. The highest BCUT2D eigenvalue weighted by atomic mass is 16.5. The highest BCUT2D eigenvalue weighted by Gasteiger charge is 2.10. The van der Waals surface area contributed by atoms with Gasteiger partial charge in [0.25, 0.3) is 0 Å². The maximum Gasteiger partial charge on any atom is 0.119 e. The zero-order valence-corrected chi connectivity index (χ0v) is 9.21. The van der Waals surface area contributed by atoms with E-state index in [4.69, 9.17) is 10.5 Å². The van der Waals surface area contributed by atoms with Crippen LogP contribution in [-0.4, -0.2) is 12.6 Å². The van der Waals surface area contributed by atoms with Gasteiger partial charge in [-0.3, -0.25) is 0 Å². The molecule has 0 amide bonds. The van der Waals surface area contributed by atoms with Gasteiger partial charge in [-0.25, -0.2) is 0 Å². The van der Waals surface area contributed by atoms with Crippen molar-refractivity contribution in [2.75, 3.05) is 7.11 Å². The first kappa shape index (κ1) is 11.1. The molecule has 0 aliphatic heterocycles. The van der Waals surface area contributed by atoms with Crippen LogP contribution in [0.4, 0.5) is 0 Å². The van der Waals surface area contributed by atoms with Crippen LogP contribution < -0.4 is 10.5 Å². The van der Waals surface area contributed by atoms with E-state index in [1.165, 1.54) is 5.56 Å². The van der Waals surface area contributed by atoms with Crippen molar-refractivity contribution >= 4 is 0 Å². The number of rotatable bonds is 4. The molecule has 0 aliphatic carbocycles. The Hall–Kier alpha value is -1.02. The molecule has 0 saturated heterocycles. The third-order valence-corrected chi connectivity index (χ3v) is 2.19. The maximum atomic E-state index is 5.92. The lowest BCUT2D eigenvalue weighted by molar-refractivity contribution is 0.413. The normalized spacial score (nSPS) is 11.4. The van der Waals surface area contributed by atoms with E-state index in [2.05, 4.69) is 12.1 Å². The van der Waals surface area contributed by atoms with E-state index >= 15 is 0 Å². The van der Waals surface area contributed by atoms with Gasteiger partial charge in [0, 0.05) is 5.54 Å². The van der Waals surface area contributed by atoms with Crippen molar-refractivity contribution in [2.24, 2.45) is 5.73 Å². The standard InChI is InChI=1S/C12H19NO/c1-12(2,13)8-7-10-5-4-6-11(9-10)14-3/h4-6,9H,7-8,13H2,1-3H3. The molecule has 0 saturated carbocycles. The van der Waals surface area contributed by atoms with Crippen molar-refractivity contribution in [3.8, 4) is 5.75 Å². The summed E-state index contributed by atoms with van der Waals surface area (Å²) in [5.74, 6) is 0.914. The number of methoxy groups -OCH3 is 1. The molecule has 0 spiro atoms. The van der Waals surface area contributed by atoms with E-state index in [1.807, 2.05) is 26.0 Å². The van der Waals surface area contributed by atoms with Crippen molar-refractivity contribution in [1.82, 2.24) is 0 Å². The third-order valence-electron chi connectivity index (χ3n) is 2.19. The highest BCUT2D eigenvalue weighted by Crippen LogP contribution is 2.16. The Morgan fingerprint density at radius 1 is 1.36 bits per heavy atom. The van der Waals surface area contributed by atoms with Gasteiger partial charge in [0.15, 0.2) is 0 Å². The van der Waals surface area contributed by atoms with Crippen LogP contribution in [0.2, 0.25) is 0 Å². The number of hydrogen-bond acceptors (Lipinski definition) is 2. The molecule has 0 fully saturated rings. The summed E-state index contributed by atoms with van der Waals surface area (Å²) >= 11 is 0. The van der Waals surface area contributed by atoms with Crippen molar-refractivity contribution < 1.29 is 4.74 Å². The molecule has 2 nitrogen and oxygen atoms in total. The molecule has 0 radical (unpaired) electrons. The van der Waals surface area contributed by atoms with E-state index < -0.39 is 0 Å². The van der Waals surface area contributed by atoms with E-state index in [0.717, 1.165) is 18.6 Å². The monoisotopic (exact) mass is 193 g/mol. The van der Waals surface area contributed by atoms with Crippen LogP contribution in [0, 0.1) is 0 Å². The van der Waals surface area contributed by atoms with Crippen LogP contribution in [0.25, 0.3) is 0 Å². The summed E-state index contributed by atoms with van der Waals surface area (Å²) in [6, 6.07) is 8.13. The number of aryl methyl sites for hydroxylation is 1. The number of nitrogens with two attached hydrogens (primary N) is 1. The van der Waals surface area contributed by atoms with Crippen LogP contribution in [0.3, 0.4) is 0 Å². The Kier molecular flexibility index (Phi) is 3.53. The van der Waals surface area contributed by atoms with Crippen molar-refractivity contribution in [1.29, 1.82) is 0 Å². The van der Waals surface area contributed by atoms with Crippen LogP contribution in [-0.2, 0) is 6.42 Å². The number of ether oxygens (including phenoxy) is 1. The zero-order valence-electron chi connectivity index (χ0n) is 9.21. The predicted octanol–water partition coefficient (Wildman–Crippen LogP) is 2.37. The second kappa shape index (κ2) is 4.47. The first-order valence-corrected chi connectivity index (χ1v) is 4.93. The molecule has 0 atom stereocenters. The number of benzene rings is 1. The SMILES string of the molecule is COc1cccc(CCC(C)(C)N)c1. The van der Waals surface area contributed by atoms with Crippen molar-refractivity contribution in [3.05, 3.63) is 29.8 Å². The zero-order chi connectivity index (χ0) is 10.6. The molecule has 14 heavy (non-hydrogen) atoms. The lowest BCUT2D eigenvalue weighted by atomic mass is 9.96. The molecule has 78 valence electrons. The lowest BCUT2D eigenvalue weighted by Gasteiger charge is -2.18. The average Bonchev–Trinajstić information content (AvgIpc) is 2.14. The minimum absolute atomic E-state index is 0.0942. The van der Waals surface area contributed by atoms with Gasteiger partial charge >= 0.3 is 0 Å². The Labute approximate surface area is 86.1 Å². The minimum atomic E-state index is -0.0942. The first-order valence-electron chi connectivity index (χ1n) is 4.93. The second-order valence-electron chi connectivity index (χ2n) is 4.34. The molecular formula is C12H19NO. The molecule has 1 rings (SSSR count). The van der Waals surface area contributed by atoms with Gasteiger partial charge in [0.2, 0.25) is 0 Å². The average molecular weight is 193 g/mol. The fourth-order valence-electron chi connectivity index (χ4n) is 1.29. The van der Waals surface area contributed by atoms with Crippen LogP contribution in [0.15, 0.2) is 24.3 Å². The van der Waals surface area contributed by atoms with Gasteiger partial charge < -0.3 is 10.5 Å². The number of hydrogen-bond donors (Lipinski definition) is 1. The smallest absolute Gasteiger partial charge is 0.119 e. The molecule has 0 heterocycles. The molecule has 0 aliphatic rings. The van der Waals surface area contributed by atoms with E-state index in [1.54, 1.807) is 7.11 Å². The Bertz CT molecular complexity index is 289. The first-order chi connectivity index (χ1) is 6.51. The van der Waals surface area contributed by atoms with E-state index in [0.29, 0.717) is 0 Å². The van der Waals surface area contributed by atoms with Gasteiger partial charge in [-0.05, 0) is 44.4 Å². The molecular weight excluding hydrogens is 174 g/mol. The summed E-state index contributed by atoms with van der Waals surface area (Å²) in [7, 11) is 1.69. The molecule has 2 heteroatoms. The molecule has 1 aromatic rings. The van der Waals surface area contributed by atoms with Crippen molar-refractivity contribution in [3.63, 3.8) is 0 Å². The maximum absolute atomic E-state index is 5.92. The second-order valence-corrected chi connectivity index (χ2v) is 4.34. The molecule has 2 N–H and O–H groups in total. The van der Waals surface area contributed by atoms with Gasteiger partial charge in [-0.15, -0.1) is 0 Å². The van der Waals surface area contributed by atoms with E-state index in [-0.39, 0.29) is 5.54 Å². The topological polar surface area (TPSA) is 35.2 Å².